The fourth-order valence-corrected chi connectivity index (χ4v) is 2.70. The molecule has 1 amide bonds. The maximum absolute atomic E-state index is 12.3. The summed E-state index contributed by atoms with van der Waals surface area (Å²) in [6.45, 7) is 1.78. The van der Waals surface area contributed by atoms with E-state index in [1.54, 1.807) is 37.3 Å². The molecule has 3 nitrogen and oxygen atoms in total. The summed E-state index contributed by atoms with van der Waals surface area (Å²) < 4.78 is 0.732. The first-order valence-corrected chi connectivity index (χ1v) is 7.26. The van der Waals surface area contributed by atoms with Crippen LogP contribution >= 0.6 is 39.1 Å². The molecule has 0 atom stereocenters. The number of carbonyl (C=O) groups excluding carboxylic acids is 1. The molecule has 0 saturated heterocycles. The minimum Gasteiger partial charge on any atom is -0.398 e. The third-order valence-corrected chi connectivity index (χ3v) is 3.95. The highest BCUT2D eigenvalue weighted by atomic mass is 79.9. The molecule has 0 radical (unpaired) electrons. The predicted octanol–water partition coefficient (Wildman–Crippen LogP) is 4.90. The van der Waals surface area contributed by atoms with E-state index in [1.165, 1.54) is 0 Å². The van der Waals surface area contributed by atoms with Crippen molar-refractivity contribution < 1.29 is 4.79 Å². The van der Waals surface area contributed by atoms with Gasteiger partial charge in [-0.3, -0.25) is 4.79 Å². The van der Waals surface area contributed by atoms with Gasteiger partial charge < -0.3 is 11.1 Å². The molecule has 3 N–H and O–H groups in total. The predicted molar refractivity (Wildman–Crippen MR) is 87.7 cm³/mol. The van der Waals surface area contributed by atoms with Gasteiger partial charge in [-0.1, -0.05) is 45.2 Å². The molecule has 0 unspecified atom stereocenters. The smallest absolute Gasteiger partial charge is 0.256 e. The van der Waals surface area contributed by atoms with Gasteiger partial charge in [0.05, 0.1) is 15.7 Å². The van der Waals surface area contributed by atoms with E-state index >= 15 is 0 Å². The fraction of sp³-hybridized carbons (Fsp3) is 0.0714. The number of nitrogen functional groups attached to an aromatic ring is 1. The van der Waals surface area contributed by atoms with Crippen molar-refractivity contribution in [3.8, 4) is 0 Å². The molecule has 0 heterocycles. The van der Waals surface area contributed by atoms with Crippen molar-refractivity contribution >= 4 is 56.4 Å². The summed E-state index contributed by atoms with van der Waals surface area (Å²) in [7, 11) is 0. The zero-order valence-corrected chi connectivity index (χ0v) is 13.6. The largest absolute Gasteiger partial charge is 0.398 e. The summed E-state index contributed by atoms with van der Waals surface area (Å²) in [5.74, 6) is -0.314. The molecule has 0 spiro atoms. The molecule has 0 aliphatic heterocycles. The third kappa shape index (κ3) is 3.08. The van der Waals surface area contributed by atoms with Gasteiger partial charge in [0.15, 0.2) is 0 Å². The molecule has 0 bridgehead atoms. The van der Waals surface area contributed by atoms with E-state index in [-0.39, 0.29) is 5.91 Å². The van der Waals surface area contributed by atoms with E-state index in [0.29, 0.717) is 32.5 Å². The van der Waals surface area contributed by atoms with Crippen molar-refractivity contribution in [1.29, 1.82) is 0 Å². The van der Waals surface area contributed by atoms with Crippen LogP contribution in [0.25, 0.3) is 0 Å². The number of amides is 1. The molecular formula is C14H11BrCl2N2O. The number of para-hydroxylation sites is 1. The first-order chi connectivity index (χ1) is 9.40. The maximum atomic E-state index is 12.3. The van der Waals surface area contributed by atoms with Gasteiger partial charge in [0, 0.05) is 15.7 Å². The van der Waals surface area contributed by atoms with Gasteiger partial charge in [-0.05, 0) is 36.8 Å². The van der Waals surface area contributed by atoms with Crippen molar-refractivity contribution in [3.05, 3.63) is 56.0 Å². The molecule has 2 aromatic carbocycles. The number of carbonyl (C=O) groups is 1. The van der Waals surface area contributed by atoms with Crippen LogP contribution in [-0.4, -0.2) is 5.91 Å². The van der Waals surface area contributed by atoms with Crippen molar-refractivity contribution in [1.82, 2.24) is 0 Å². The van der Waals surface area contributed by atoms with Gasteiger partial charge in [0.25, 0.3) is 5.91 Å². The number of rotatable bonds is 2. The lowest BCUT2D eigenvalue weighted by atomic mass is 10.1. The highest BCUT2D eigenvalue weighted by Crippen LogP contribution is 2.31. The zero-order valence-electron chi connectivity index (χ0n) is 10.5. The van der Waals surface area contributed by atoms with Crippen LogP contribution in [-0.2, 0) is 0 Å². The molecule has 104 valence electrons. The zero-order chi connectivity index (χ0) is 14.9. The summed E-state index contributed by atoms with van der Waals surface area (Å²) in [5.41, 5.74) is 7.94. The Balaban J connectivity index is 2.39. The molecule has 0 aromatic heterocycles. The van der Waals surface area contributed by atoms with Crippen LogP contribution in [0.15, 0.2) is 34.8 Å². The maximum Gasteiger partial charge on any atom is 0.256 e. The summed E-state index contributed by atoms with van der Waals surface area (Å²) >= 11 is 15.4. The Labute approximate surface area is 135 Å². The van der Waals surface area contributed by atoms with Crippen molar-refractivity contribution in [2.75, 3.05) is 11.1 Å². The van der Waals surface area contributed by atoms with Crippen molar-refractivity contribution in [2.24, 2.45) is 0 Å². The van der Waals surface area contributed by atoms with E-state index in [2.05, 4.69) is 21.2 Å². The number of anilines is 2. The average molecular weight is 374 g/mol. The average Bonchev–Trinajstić information content (AvgIpc) is 2.38. The second-order valence-corrected chi connectivity index (χ2v) is 5.95. The number of nitrogens with one attached hydrogen (secondary N) is 1. The number of nitrogens with two attached hydrogens (primary N) is 1. The van der Waals surface area contributed by atoms with Crippen LogP contribution in [0.3, 0.4) is 0 Å². The lowest BCUT2D eigenvalue weighted by Gasteiger charge is -2.12. The Hall–Kier alpha value is -1.23. The first kappa shape index (κ1) is 15.2. The lowest BCUT2D eigenvalue weighted by Crippen LogP contribution is -2.15. The summed E-state index contributed by atoms with van der Waals surface area (Å²) in [5, 5.41) is 3.47. The van der Waals surface area contributed by atoms with Gasteiger partial charge in [-0.15, -0.1) is 0 Å². The van der Waals surface area contributed by atoms with Crippen LogP contribution in [0.4, 0.5) is 11.4 Å². The van der Waals surface area contributed by atoms with E-state index < -0.39 is 0 Å². The Bertz CT molecular complexity index is 669. The molecule has 0 aliphatic rings. The molecule has 6 heteroatoms. The standard InChI is InChI=1S/C14H11BrCl2N2O/c1-7-9(5-8(15)6-12(7)18)14(20)19-13-10(16)3-2-4-11(13)17/h2-6H,18H2,1H3,(H,19,20). The molecule has 0 saturated carbocycles. The topological polar surface area (TPSA) is 55.1 Å². The van der Waals surface area contributed by atoms with Gasteiger partial charge in [0.2, 0.25) is 0 Å². The van der Waals surface area contributed by atoms with E-state index in [1.807, 2.05) is 0 Å². The summed E-state index contributed by atoms with van der Waals surface area (Å²) in [6.07, 6.45) is 0. The Kier molecular flexibility index (Phi) is 4.58. The molecule has 0 fully saturated rings. The van der Waals surface area contributed by atoms with Crippen LogP contribution in [0.5, 0.6) is 0 Å². The molecule has 20 heavy (non-hydrogen) atoms. The number of benzene rings is 2. The Morgan fingerprint density at radius 3 is 2.45 bits per heavy atom. The highest BCUT2D eigenvalue weighted by Gasteiger charge is 2.15. The van der Waals surface area contributed by atoms with Crippen LogP contribution in [0, 0.1) is 6.92 Å². The van der Waals surface area contributed by atoms with Gasteiger partial charge >= 0.3 is 0 Å². The van der Waals surface area contributed by atoms with Gasteiger partial charge in [0.1, 0.15) is 0 Å². The third-order valence-electron chi connectivity index (χ3n) is 2.86. The van der Waals surface area contributed by atoms with E-state index in [0.717, 1.165) is 4.47 Å². The number of hydrogen-bond donors (Lipinski definition) is 2. The van der Waals surface area contributed by atoms with Gasteiger partial charge in [-0.2, -0.15) is 0 Å². The summed E-state index contributed by atoms with van der Waals surface area (Å²) in [4.78, 5) is 12.3. The number of halogens is 3. The quantitative estimate of drug-likeness (QED) is 0.735. The first-order valence-electron chi connectivity index (χ1n) is 5.71. The minimum atomic E-state index is -0.314. The second kappa shape index (κ2) is 6.04. The molecule has 2 aromatic rings. The summed E-state index contributed by atoms with van der Waals surface area (Å²) in [6, 6.07) is 8.47. The molecule has 2 rings (SSSR count). The van der Waals surface area contributed by atoms with Crippen LogP contribution < -0.4 is 11.1 Å². The minimum absolute atomic E-state index is 0.314. The van der Waals surface area contributed by atoms with E-state index in [4.69, 9.17) is 28.9 Å². The van der Waals surface area contributed by atoms with Gasteiger partial charge in [-0.25, -0.2) is 0 Å². The Morgan fingerprint density at radius 1 is 1.25 bits per heavy atom. The SMILES string of the molecule is Cc1c(N)cc(Br)cc1C(=O)Nc1c(Cl)cccc1Cl. The second-order valence-electron chi connectivity index (χ2n) is 4.22. The Morgan fingerprint density at radius 2 is 1.85 bits per heavy atom. The van der Waals surface area contributed by atoms with Crippen molar-refractivity contribution in [3.63, 3.8) is 0 Å². The van der Waals surface area contributed by atoms with Crippen molar-refractivity contribution in [2.45, 2.75) is 6.92 Å². The highest BCUT2D eigenvalue weighted by molar-refractivity contribution is 9.10. The number of hydrogen-bond acceptors (Lipinski definition) is 2. The molecule has 0 aliphatic carbocycles. The lowest BCUT2D eigenvalue weighted by molar-refractivity contribution is 0.102. The monoisotopic (exact) mass is 372 g/mol. The fourth-order valence-electron chi connectivity index (χ4n) is 1.73. The van der Waals surface area contributed by atoms with Crippen LogP contribution in [0.1, 0.15) is 15.9 Å². The van der Waals surface area contributed by atoms with E-state index in [9.17, 15) is 4.79 Å². The van der Waals surface area contributed by atoms with Crippen LogP contribution in [0.2, 0.25) is 10.0 Å². The molecular weight excluding hydrogens is 363 g/mol. The normalized spacial score (nSPS) is 10.4.